The van der Waals surface area contributed by atoms with Gasteiger partial charge in [0.15, 0.2) is 28.9 Å². The van der Waals surface area contributed by atoms with Gasteiger partial charge >= 0.3 is 23.9 Å². The fraction of sp³-hybridized carbons (Fsp3) is 0.455. The standard InChI is InChI=1S/C22H24N2O10S2/c1-10(25)30-9-16-17(31-11(2)26)18(32-12(3)27)19(33-13(4)28)21(34-16)36-22-23-15(20(29)24-22)8-14-6-5-7-35-14/h5-8,16-19,21H,9H2,1-4H3,(H,23,24,29)/b15-8-/t16-,17-,18+,19+,21+/m1/s1. The second-order valence-corrected chi connectivity index (χ2v) is 9.67. The number of rotatable bonds is 7. The van der Waals surface area contributed by atoms with Gasteiger partial charge in [-0.15, -0.1) is 11.3 Å². The molecule has 0 aromatic carbocycles. The van der Waals surface area contributed by atoms with Crippen LogP contribution in [0.25, 0.3) is 6.08 Å². The molecule has 5 atom stereocenters. The van der Waals surface area contributed by atoms with E-state index in [0.717, 1.165) is 37.4 Å². The summed E-state index contributed by atoms with van der Waals surface area (Å²) < 4.78 is 27.2. The molecular formula is C22H24N2O10S2. The first-order chi connectivity index (χ1) is 17.0. The number of nitrogens with zero attached hydrogens (tertiary/aromatic N) is 1. The summed E-state index contributed by atoms with van der Waals surface area (Å²) in [5, 5.41) is 4.61. The molecule has 1 saturated heterocycles. The lowest BCUT2D eigenvalue weighted by Crippen LogP contribution is -2.61. The molecule has 1 N–H and O–H groups in total. The first-order valence-electron chi connectivity index (χ1n) is 10.7. The van der Waals surface area contributed by atoms with Crippen molar-refractivity contribution in [1.29, 1.82) is 0 Å². The van der Waals surface area contributed by atoms with Crippen molar-refractivity contribution < 1.29 is 47.7 Å². The zero-order chi connectivity index (χ0) is 26.4. The van der Waals surface area contributed by atoms with Crippen LogP contribution in [0, 0.1) is 0 Å². The molecule has 0 saturated carbocycles. The topological polar surface area (TPSA) is 156 Å². The number of esters is 4. The summed E-state index contributed by atoms with van der Waals surface area (Å²) in [6.07, 6.45) is -3.31. The molecule has 1 aromatic heterocycles. The highest BCUT2D eigenvalue weighted by Gasteiger charge is 2.53. The molecular weight excluding hydrogens is 516 g/mol. The van der Waals surface area contributed by atoms with Crippen molar-refractivity contribution in [2.75, 3.05) is 6.61 Å². The first kappa shape index (κ1) is 27.4. The van der Waals surface area contributed by atoms with Gasteiger partial charge in [-0.2, -0.15) is 0 Å². The lowest BCUT2D eigenvalue weighted by Gasteiger charge is -2.44. The molecule has 3 rings (SSSR count). The van der Waals surface area contributed by atoms with Gasteiger partial charge in [0, 0.05) is 32.6 Å². The average Bonchev–Trinajstić information content (AvgIpc) is 3.40. The number of thioether (sulfide) groups is 1. The van der Waals surface area contributed by atoms with Gasteiger partial charge in [-0.3, -0.25) is 29.3 Å². The van der Waals surface area contributed by atoms with Crippen LogP contribution in [-0.4, -0.2) is 71.4 Å². The van der Waals surface area contributed by atoms with Crippen LogP contribution in [0.1, 0.15) is 32.6 Å². The molecule has 12 nitrogen and oxygen atoms in total. The molecule has 36 heavy (non-hydrogen) atoms. The highest BCUT2D eigenvalue weighted by Crippen LogP contribution is 2.35. The number of ether oxygens (including phenoxy) is 5. The Morgan fingerprint density at radius 3 is 2.25 bits per heavy atom. The molecule has 0 bridgehead atoms. The Morgan fingerprint density at radius 1 is 1.03 bits per heavy atom. The van der Waals surface area contributed by atoms with Crippen LogP contribution in [0.5, 0.6) is 0 Å². The summed E-state index contributed by atoms with van der Waals surface area (Å²) in [5.74, 6) is -3.25. The number of thiophene rings is 1. The third-order valence-corrected chi connectivity index (χ3v) is 6.52. The van der Waals surface area contributed by atoms with Gasteiger partial charge < -0.3 is 23.7 Å². The Labute approximate surface area is 214 Å². The molecule has 3 heterocycles. The Morgan fingerprint density at radius 2 is 1.67 bits per heavy atom. The monoisotopic (exact) mass is 540 g/mol. The minimum atomic E-state index is -1.30. The van der Waals surface area contributed by atoms with Crippen molar-refractivity contribution in [3.63, 3.8) is 0 Å². The van der Waals surface area contributed by atoms with Gasteiger partial charge in [0.2, 0.25) is 0 Å². The van der Waals surface area contributed by atoms with E-state index in [0.29, 0.717) is 0 Å². The van der Waals surface area contributed by atoms with Gasteiger partial charge in [-0.1, -0.05) is 17.8 Å². The summed E-state index contributed by atoms with van der Waals surface area (Å²) in [4.78, 5) is 64.6. The molecule has 0 radical (unpaired) electrons. The minimum Gasteiger partial charge on any atom is -0.463 e. The number of hydrogen-bond donors (Lipinski definition) is 1. The molecule has 0 aliphatic carbocycles. The SMILES string of the molecule is CC(=O)OC[C@H]1O[C@@H](SC2=N/C(=C\c3cccs3)C(=O)N2)[C@@H](OC(C)=O)[C@@H](OC(C)=O)[C@@H]1OC(C)=O. The number of carbonyl (C=O) groups is 5. The van der Waals surface area contributed by atoms with E-state index in [1.165, 1.54) is 18.3 Å². The van der Waals surface area contributed by atoms with Crippen molar-refractivity contribution in [1.82, 2.24) is 5.32 Å². The Bertz CT molecular complexity index is 1080. The summed E-state index contributed by atoms with van der Waals surface area (Å²) in [5.41, 5.74) is -0.934. The van der Waals surface area contributed by atoms with E-state index in [1.54, 1.807) is 6.08 Å². The zero-order valence-corrected chi connectivity index (χ0v) is 21.4. The maximum absolute atomic E-state index is 12.4. The van der Waals surface area contributed by atoms with Crippen molar-refractivity contribution in [3.05, 3.63) is 28.1 Å². The average molecular weight is 541 g/mol. The normalized spacial score (nSPS) is 26.6. The third-order valence-electron chi connectivity index (χ3n) is 4.67. The van der Waals surface area contributed by atoms with Crippen LogP contribution in [-0.2, 0) is 47.7 Å². The smallest absolute Gasteiger partial charge is 0.303 e. The molecule has 0 spiro atoms. The molecule has 194 valence electrons. The summed E-state index contributed by atoms with van der Waals surface area (Å²) in [7, 11) is 0. The predicted octanol–water partition coefficient (Wildman–Crippen LogP) is 1.39. The van der Waals surface area contributed by atoms with Crippen LogP contribution in [0.3, 0.4) is 0 Å². The molecule has 0 unspecified atom stereocenters. The lowest BCUT2D eigenvalue weighted by molar-refractivity contribution is -0.237. The summed E-state index contributed by atoms with van der Waals surface area (Å²) in [6.45, 7) is 4.26. The van der Waals surface area contributed by atoms with E-state index in [-0.39, 0.29) is 17.5 Å². The molecule has 1 aromatic rings. The highest BCUT2D eigenvalue weighted by atomic mass is 32.2. The molecule has 1 fully saturated rings. The van der Waals surface area contributed by atoms with Crippen LogP contribution in [0.15, 0.2) is 28.2 Å². The Balaban J connectivity index is 1.94. The van der Waals surface area contributed by atoms with Crippen LogP contribution in [0.4, 0.5) is 0 Å². The second-order valence-electron chi connectivity index (χ2n) is 7.60. The second kappa shape index (κ2) is 12.1. The quantitative estimate of drug-likeness (QED) is 0.303. The van der Waals surface area contributed by atoms with Crippen LogP contribution in [0.2, 0.25) is 0 Å². The number of hydrogen-bond acceptors (Lipinski definition) is 13. The van der Waals surface area contributed by atoms with Gasteiger partial charge in [-0.05, 0) is 17.5 Å². The zero-order valence-electron chi connectivity index (χ0n) is 19.7. The minimum absolute atomic E-state index is 0.142. The number of amides is 1. The van der Waals surface area contributed by atoms with Gasteiger partial charge in [0.25, 0.3) is 5.91 Å². The number of amidine groups is 1. The number of nitrogens with one attached hydrogen (secondary N) is 1. The third kappa shape index (κ3) is 7.38. The van der Waals surface area contributed by atoms with E-state index >= 15 is 0 Å². The maximum atomic E-state index is 12.4. The van der Waals surface area contributed by atoms with E-state index in [9.17, 15) is 24.0 Å². The predicted molar refractivity (Wildman–Crippen MR) is 127 cm³/mol. The lowest BCUT2D eigenvalue weighted by atomic mass is 9.99. The molecule has 2 aliphatic rings. The Hall–Kier alpha value is -3.23. The Kier molecular flexibility index (Phi) is 9.23. The van der Waals surface area contributed by atoms with E-state index in [1.807, 2.05) is 17.5 Å². The highest BCUT2D eigenvalue weighted by molar-refractivity contribution is 8.14. The van der Waals surface area contributed by atoms with Crippen molar-refractivity contribution in [2.24, 2.45) is 4.99 Å². The van der Waals surface area contributed by atoms with Crippen molar-refractivity contribution in [3.8, 4) is 0 Å². The summed E-state index contributed by atoms with van der Waals surface area (Å²) >= 11 is 2.33. The van der Waals surface area contributed by atoms with E-state index < -0.39 is 59.6 Å². The fourth-order valence-electron chi connectivity index (χ4n) is 3.40. The van der Waals surface area contributed by atoms with Gasteiger partial charge in [-0.25, -0.2) is 4.99 Å². The number of carbonyl (C=O) groups excluding carboxylic acids is 5. The van der Waals surface area contributed by atoms with Gasteiger partial charge in [0.1, 0.15) is 18.4 Å². The molecule has 14 heteroatoms. The first-order valence-corrected chi connectivity index (χ1v) is 12.4. The molecule has 2 aliphatic heterocycles. The van der Waals surface area contributed by atoms with E-state index in [4.69, 9.17) is 23.7 Å². The van der Waals surface area contributed by atoms with Crippen molar-refractivity contribution >= 4 is 64.1 Å². The van der Waals surface area contributed by atoms with Crippen molar-refractivity contribution in [2.45, 2.75) is 57.5 Å². The number of aliphatic imine (C=N–C) groups is 1. The fourth-order valence-corrected chi connectivity index (χ4v) is 5.12. The summed E-state index contributed by atoms with van der Waals surface area (Å²) in [6, 6.07) is 3.66. The van der Waals surface area contributed by atoms with E-state index in [2.05, 4.69) is 10.3 Å². The molecule has 1 amide bonds. The largest absolute Gasteiger partial charge is 0.463 e. The maximum Gasteiger partial charge on any atom is 0.303 e. The van der Waals surface area contributed by atoms with Crippen LogP contribution < -0.4 is 5.32 Å². The van der Waals surface area contributed by atoms with Gasteiger partial charge in [0.05, 0.1) is 0 Å². The van der Waals surface area contributed by atoms with Crippen LogP contribution >= 0.6 is 23.1 Å².